The topological polar surface area (TPSA) is 84.7 Å². The normalized spacial score (nSPS) is 11.1. The molecule has 28 heavy (non-hydrogen) atoms. The second kappa shape index (κ2) is 7.36. The first kappa shape index (κ1) is 18.1. The van der Waals surface area contributed by atoms with E-state index in [1.54, 1.807) is 23.7 Å². The van der Waals surface area contributed by atoms with Gasteiger partial charge in [-0.3, -0.25) is 18.9 Å². The third-order valence-electron chi connectivity index (χ3n) is 4.55. The lowest BCUT2D eigenvalue weighted by Crippen LogP contribution is -2.29. The molecule has 0 aliphatic heterocycles. The van der Waals surface area contributed by atoms with Crippen LogP contribution in [0, 0.1) is 0 Å². The number of rotatable bonds is 5. The fourth-order valence-electron chi connectivity index (χ4n) is 3.07. The molecule has 0 atom stereocenters. The zero-order valence-corrected chi connectivity index (χ0v) is 15.9. The Hall–Kier alpha value is -3.32. The van der Waals surface area contributed by atoms with E-state index >= 15 is 0 Å². The number of nitrogens with one attached hydrogen (secondary N) is 2. The maximum Gasteiger partial charge on any atom is 0.329 e. The maximum atomic E-state index is 12.5. The zero-order valence-electron chi connectivity index (χ0n) is 15.1. The molecule has 0 aliphatic rings. The standard InChI is InChI=1S/C20H18ClN5O2/c1-25-17-16(18(27)24-20(25)28)26(12-14-7-9-15(21)10-8-14)19(23-17)22-11-13-5-3-2-4-6-13/h2-10H,11-12H2,1H3,(H,22,23)(H,24,27,28). The Morgan fingerprint density at radius 2 is 1.75 bits per heavy atom. The molecule has 0 bridgehead atoms. The number of fused-ring (bicyclic) bond motifs is 1. The van der Waals surface area contributed by atoms with Gasteiger partial charge in [0.05, 0.1) is 6.54 Å². The summed E-state index contributed by atoms with van der Waals surface area (Å²) >= 11 is 5.98. The molecule has 2 aromatic carbocycles. The number of aromatic nitrogens is 4. The van der Waals surface area contributed by atoms with Gasteiger partial charge in [-0.1, -0.05) is 54.1 Å². The smallest absolute Gasteiger partial charge is 0.329 e. The molecule has 2 heterocycles. The number of H-pyrrole nitrogens is 1. The zero-order chi connectivity index (χ0) is 19.7. The fraction of sp³-hybridized carbons (Fsp3) is 0.150. The molecule has 4 rings (SSSR count). The molecule has 0 saturated heterocycles. The van der Waals surface area contributed by atoms with Crippen LogP contribution in [0.25, 0.3) is 11.2 Å². The van der Waals surface area contributed by atoms with E-state index in [0.717, 1.165) is 11.1 Å². The molecule has 0 unspecified atom stereocenters. The number of imidazole rings is 1. The van der Waals surface area contributed by atoms with E-state index in [4.69, 9.17) is 11.6 Å². The van der Waals surface area contributed by atoms with Gasteiger partial charge >= 0.3 is 5.69 Å². The van der Waals surface area contributed by atoms with Crippen LogP contribution in [0.2, 0.25) is 5.02 Å². The first-order chi connectivity index (χ1) is 13.5. The summed E-state index contributed by atoms with van der Waals surface area (Å²) in [5.74, 6) is 0.514. The van der Waals surface area contributed by atoms with E-state index in [1.807, 2.05) is 42.5 Å². The highest BCUT2D eigenvalue weighted by Crippen LogP contribution is 2.19. The van der Waals surface area contributed by atoms with E-state index in [2.05, 4.69) is 15.3 Å². The third-order valence-corrected chi connectivity index (χ3v) is 4.81. The Morgan fingerprint density at radius 3 is 2.46 bits per heavy atom. The highest BCUT2D eigenvalue weighted by Gasteiger charge is 2.17. The third kappa shape index (κ3) is 3.44. The molecule has 0 saturated carbocycles. The van der Waals surface area contributed by atoms with Gasteiger partial charge in [0.1, 0.15) is 0 Å². The van der Waals surface area contributed by atoms with E-state index in [9.17, 15) is 9.59 Å². The van der Waals surface area contributed by atoms with Crippen LogP contribution in [0.1, 0.15) is 11.1 Å². The van der Waals surface area contributed by atoms with Crippen LogP contribution in [0.4, 0.5) is 5.95 Å². The second-order valence-corrected chi connectivity index (χ2v) is 6.91. The second-order valence-electron chi connectivity index (χ2n) is 6.48. The lowest BCUT2D eigenvalue weighted by atomic mass is 10.2. The van der Waals surface area contributed by atoms with Crippen LogP contribution >= 0.6 is 11.6 Å². The van der Waals surface area contributed by atoms with E-state index in [-0.39, 0.29) is 0 Å². The van der Waals surface area contributed by atoms with Gasteiger partial charge in [-0.05, 0) is 23.3 Å². The van der Waals surface area contributed by atoms with Crippen molar-refractivity contribution in [2.75, 3.05) is 5.32 Å². The Kier molecular flexibility index (Phi) is 4.75. The van der Waals surface area contributed by atoms with Gasteiger partial charge in [0.15, 0.2) is 11.2 Å². The highest BCUT2D eigenvalue weighted by molar-refractivity contribution is 6.30. The molecule has 0 fully saturated rings. The van der Waals surface area contributed by atoms with Crippen molar-refractivity contribution in [1.29, 1.82) is 0 Å². The molecule has 0 amide bonds. The van der Waals surface area contributed by atoms with Crippen molar-refractivity contribution in [3.63, 3.8) is 0 Å². The van der Waals surface area contributed by atoms with Crippen LogP contribution in [0.3, 0.4) is 0 Å². The largest absolute Gasteiger partial charge is 0.351 e. The van der Waals surface area contributed by atoms with Crippen molar-refractivity contribution in [2.24, 2.45) is 7.05 Å². The predicted molar refractivity (Wildman–Crippen MR) is 110 cm³/mol. The Labute approximate surface area is 165 Å². The molecule has 142 valence electrons. The Bertz CT molecular complexity index is 1240. The van der Waals surface area contributed by atoms with Crippen molar-refractivity contribution in [3.05, 3.63) is 91.6 Å². The van der Waals surface area contributed by atoms with E-state index in [1.165, 1.54) is 4.57 Å². The molecule has 0 aliphatic carbocycles. The average molecular weight is 396 g/mol. The summed E-state index contributed by atoms with van der Waals surface area (Å²) in [4.78, 5) is 31.4. The monoisotopic (exact) mass is 395 g/mol. The lowest BCUT2D eigenvalue weighted by Gasteiger charge is -2.11. The van der Waals surface area contributed by atoms with Crippen molar-refractivity contribution in [3.8, 4) is 0 Å². The van der Waals surface area contributed by atoms with Crippen molar-refractivity contribution >= 4 is 28.7 Å². The lowest BCUT2D eigenvalue weighted by molar-refractivity contribution is 0.806. The summed E-state index contributed by atoms with van der Waals surface area (Å²) in [5, 5.41) is 3.92. The van der Waals surface area contributed by atoms with Crippen LogP contribution in [-0.4, -0.2) is 19.1 Å². The summed E-state index contributed by atoms with van der Waals surface area (Å²) in [6, 6.07) is 17.3. The molecule has 0 radical (unpaired) electrons. The van der Waals surface area contributed by atoms with Crippen LogP contribution in [0.5, 0.6) is 0 Å². The first-order valence-corrected chi connectivity index (χ1v) is 9.12. The van der Waals surface area contributed by atoms with Gasteiger partial charge in [0.2, 0.25) is 5.95 Å². The van der Waals surface area contributed by atoms with Crippen molar-refractivity contribution in [1.82, 2.24) is 19.1 Å². The van der Waals surface area contributed by atoms with E-state index < -0.39 is 11.2 Å². The number of anilines is 1. The van der Waals surface area contributed by atoms with Crippen LogP contribution in [-0.2, 0) is 20.1 Å². The number of hydrogen-bond donors (Lipinski definition) is 2. The minimum absolute atomic E-state index is 0.332. The van der Waals surface area contributed by atoms with E-state index in [0.29, 0.717) is 35.2 Å². The Morgan fingerprint density at radius 1 is 1.04 bits per heavy atom. The average Bonchev–Trinajstić information content (AvgIpc) is 3.06. The fourth-order valence-corrected chi connectivity index (χ4v) is 3.20. The molecular formula is C20H18ClN5O2. The van der Waals surface area contributed by atoms with Crippen molar-refractivity contribution < 1.29 is 0 Å². The molecule has 7 nitrogen and oxygen atoms in total. The Balaban J connectivity index is 1.81. The number of halogens is 1. The van der Waals surface area contributed by atoms with Crippen LogP contribution < -0.4 is 16.6 Å². The number of benzene rings is 2. The van der Waals surface area contributed by atoms with Gasteiger partial charge in [0.25, 0.3) is 5.56 Å². The summed E-state index contributed by atoms with van der Waals surface area (Å²) in [5.41, 5.74) is 1.75. The van der Waals surface area contributed by atoms with Gasteiger partial charge in [-0.2, -0.15) is 4.98 Å². The number of aryl methyl sites for hydroxylation is 1. The van der Waals surface area contributed by atoms with Gasteiger partial charge in [0, 0.05) is 18.6 Å². The minimum Gasteiger partial charge on any atom is -0.351 e. The predicted octanol–water partition coefficient (Wildman–Crippen LogP) is 2.74. The molecule has 2 N–H and O–H groups in total. The maximum absolute atomic E-state index is 12.5. The van der Waals surface area contributed by atoms with Gasteiger partial charge in [-0.25, -0.2) is 4.79 Å². The molecule has 4 aromatic rings. The summed E-state index contributed by atoms with van der Waals surface area (Å²) in [7, 11) is 1.58. The van der Waals surface area contributed by atoms with Gasteiger partial charge < -0.3 is 5.32 Å². The molecule has 0 spiro atoms. The van der Waals surface area contributed by atoms with Crippen LogP contribution in [0.15, 0.2) is 64.2 Å². The molecule has 2 aromatic heterocycles. The summed E-state index contributed by atoms with van der Waals surface area (Å²) in [6.07, 6.45) is 0. The SMILES string of the molecule is Cn1c(=O)[nH]c(=O)c2c1nc(NCc1ccccc1)n2Cc1ccc(Cl)cc1. The van der Waals surface area contributed by atoms with Crippen molar-refractivity contribution in [2.45, 2.75) is 13.1 Å². The number of aromatic amines is 1. The quantitative estimate of drug-likeness (QED) is 0.544. The number of nitrogens with zero attached hydrogens (tertiary/aromatic N) is 3. The summed E-state index contributed by atoms with van der Waals surface area (Å²) in [6.45, 7) is 0.947. The minimum atomic E-state index is -0.497. The molecular weight excluding hydrogens is 378 g/mol. The summed E-state index contributed by atoms with van der Waals surface area (Å²) < 4.78 is 3.11. The first-order valence-electron chi connectivity index (χ1n) is 8.75. The highest BCUT2D eigenvalue weighted by atomic mass is 35.5. The molecule has 8 heteroatoms. The van der Waals surface area contributed by atoms with Gasteiger partial charge in [-0.15, -0.1) is 0 Å². The number of hydrogen-bond acceptors (Lipinski definition) is 4.